The number of nitrogens with zero attached hydrogens (tertiary/aromatic N) is 2. The van der Waals surface area contributed by atoms with E-state index < -0.39 is 4.92 Å². The van der Waals surface area contributed by atoms with Gasteiger partial charge in [-0.25, -0.2) is 0 Å². The second-order valence-electron chi connectivity index (χ2n) is 1.99. The molecule has 1 heterocycles. The topological polar surface area (TPSA) is 82.7 Å². The van der Waals surface area contributed by atoms with Gasteiger partial charge in [0.05, 0.1) is 17.1 Å². The van der Waals surface area contributed by atoms with Crippen LogP contribution in [-0.4, -0.2) is 9.91 Å². The number of nitriles is 1. The number of nitro groups is 1. The molecule has 5 nitrogen and oxygen atoms in total. The first-order chi connectivity index (χ1) is 5.63. The first kappa shape index (κ1) is 8.36. The van der Waals surface area contributed by atoms with Crippen LogP contribution in [0.25, 0.3) is 0 Å². The van der Waals surface area contributed by atoms with Crippen LogP contribution in [0.15, 0.2) is 12.1 Å². The Morgan fingerprint density at radius 1 is 1.67 bits per heavy atom. The lowest BCUT2D eigenvalue weighted by Gasteiger charge is -1.91. The van der Waals surface area contributed by atoms with Crippen LogP contribution in [0.2, 0.25) is 0 Å². The summed E-state index contributed by atoms with van der Waals surface area (Å²) in [7, 11) is 0. The largest absolute Gasteiger partial charge is 0.338 e. The lowest BCUT2D eigenvalue weighted by Crippen LogP contribution is -1.91. The monoisotopic (exact) mass is 181 g/mol. The van der Waals surface area contributed by atoms with Crippen LogP contribution in [0.3, 0.4) is 0 Å². The van der Waals surface area contributed by atoms with Crippen molar-refractivity contribution in [2.45, 2.75) is 0 Å². The number of hydrogen-bond acceptors (Lipinski definition) is 4. The zero-order chi connectivity index (χ0) is 9.14. The Labute approximate surface area is 72.4 Å². The summed E-state index contributed by atoms with van der Waals surface area (Å²) in [5.74, 6) is 0. The van der Waals surface area contributed by atoms with E-state index in [2.05, 4.69) is 17.2 Å². The van der Waals surface area contributed by atoms with Gasteiger partial charge < -0.3 is 4.98 Å². The summed E-state index contributed by atoms with van der Waals surface area (Å²) in [6.07, 6.45) is 0. The van der Waals surface area contributed by atoms with E-state index in [4.69, 9.17) is 5.26 Å². The minimum absolute atomic E-state index is 0.0919. The zero-order valence-corrected chi connectivity index (χ0v) is 6.59. The van der Waals surface area contributed by atoms with E-state index in [0.29, 0.717) is 0 Å². The van der Waals surface area contributed by atoms with Crippen molar-refractivity contribution in [2.24, 2.45) is 0 Å². The van der Waals surface area contributed by atoms with Gasteiger partial charge in [-0.2, -0.15) is 5.26 Å². The maximum absolute atomic E-state index is 10.3. The lowest BCUT2D eigenvalue weighted by atomic mass is 10.3. The molecule has 60 valence electrons. The molecule has 0 saturated heterocycles. The summed E-state index contributed by atoms with van der Waals surface area (Å²) in [6, 6.07) is 4.06. The Balaban J connectivity index is 3.36. The van der Waals surface area contributed by atoms with Crippen molar-refractivity contribution in [1.82, 2.24) is 4.98 Å². The van der Waals surface area contributed by atoms with Crippen LogP contribution in [0.1, 0.15) is 5.69 Å². The van der Waals surface area contributed by atoms with Crippen molar-refractivity contribution < 1.29 is 4.92 Å². The normalized spacial score (nSPS) is 8.92. The summed E-state index contributed by atoms with van der Waals surface area (Å²) in [6.45, 7) is 0. The number of rotatable bonds is 1. The molecule has 1 aromatic heterocycles. The number of pyridine rings is 1. The van der Waals surface area contributed by atoms with E-state index in [1.165, 1.54) is 6.07 Å². The van der Waals surface area contributed by atoms with E-state index >= 15 is 0 Å². The quantitative estimate of drug-likeness (QED) is 0.404. The molecule has 0 aromatic carbocycles. The van der Waals surface area contributed by atoms with Crippen LogP contribution in [0, 0.1) is 26.1 Å². The van der Waals surface area contributed by atoms with Gasteiger partial charge in [-0.1, -0.05) is 12.2 Å². The van der Waals surface area contributed by atoms with E-state index in [1.54, 1.807) is 6.07 Å². The maximum Gasteiger partial charge on any atom is 0.275 e. The highest BCUT2D eigenvalue weighted by atomic mass is 32.1. The van der Waals surface area contributed by atoms with Crippen molar-refractivity contribution in [1.29, 1.82) is 5.26 Å². The third-order valence-electron chi connectivity index (χ3n) is 1.16. The molecule has 0 saturated carbocycles. The fraction of sp³-hybridized carbons (Fsp3) is 0. The predicted molar refractivity (Wildman–Crippen MR) is 43.0 cm³/mol. The average Bonchev–Trinajstić information content (AvgIpc) is 2.03. The molecule has 0 spiro atoms. The van der Waals surface area contributed by atoms with Crippen molar-refractivity contribution in [2.75, 3.05) is 0 Å². The molecule has 0 atom stereocenters. The van der Waals surface area contributed by atoms with Crippen molar-refractivity contribution in [3.05, 3.63) is 32.6 Å². The summed E-state index contributed by atoms with van der Waals surface area (Å²) in [5, 5.41) is 18.7. The fourth-order valence-corrected chi connectivity index (χ4v) is 0.925. The van der Waals surface area contributed by atoms with E-state index in [1.807, 2.05) is 0 Å². The van der Waals surface area contributed by atoms with Crippen LogP contribution in [-0.2, 0) is 0 Å². The Hall–Kier alpha value is -1.74. The van der Waals surface area contributed by atoms with Crippen LogP contribution in [0.5, 0.6) is 0 Å². The first-order valence-corrected chi connectivity index (χ1v) is 3.33. The van der Waals surface area contributed by atoms with Crippen LogP contribution in [0.4, 0.5) is 5.69 Å². The molecular weight excluding hydrogens is 178 g/mol. The maximum atomic E-state index is 10.3. The molecule has 0 aliphatic rings. The molecule has 1 N–H and O–H groups in total. The van der Waals surface area contributed by atoms with Gasteiger partial charge in [0.2, 0.25) is 0 Å². The highest BCUT2D eigenvalue weighted by Crippen LogP contribution is 2.10. The Morgan fingerprint density at radius 2 is 2.33 bits per heavy atom. The van der Waals surface area contributed by atoms with Gasteiger partial charge >= 0.3 is 0 Å². The minimum Gasteiger partial charge on any atom is -0.338 e. The molecular formula is C6H3N3O2S. The van der Waals surface area contributed by atoms with Gasteiger partial charge in [0, 0.05) is 0 Å². The Bertz CT molecular complexity index is 418. The SMILES string of the molecule is N#Cc1cc([N+](=O)[O-])cc(=S)[nH]1. The van der Waals surface area contributed by atoms with Crippen molar-refractivity contribution in [3.63, 3.8) is 0 Å². The minimum atomic E-state index is -0.593. The van der Waals surface area contributed by atoms with E-state index in [-0.39, 0.29) is 16.0 Å². The van der Waals surface area contributed by atoms with Crippen molar-refractivity contribution >= 4 is 17.9 Å². The molecule has 0 fully saturated rings. The molecule has 1 aromatic rings. The number of H-pyrrole nitrogens is 1. The molecule has 0 aliphatic carbocycles. The van der Waals surface area contributed by atoms with Crippen LogP contribution >= 0.6 is 12.2 Å². The fourth-order valence-electron chi connectivity index (χ4n) is 0.694. The molecule has 1 rings (SSSR count). The number of nitrogens with one attached hydrogen (secondary N) is 1. The highest BCUT2D eigenvalue weighted by molar-refractivity contribution is 7.71. The van der Waals surface area contributed by atoms with Gasteiger partial charge in [0.15, 0.2) is 0 Å². The Morgan fingerprint density at radius 3 is 2.83 bits per heavy atom. The third kappa shape index (κ3) is 1.65. The van der Waals surface area contributed by atoms with Gasteiger partial charge in [0.1, 0.15) is 16.4 Å². The van der Waals surface area contributed by atoms with Gasteiger partial charge in [-0.15, -0.1) is 0 Å². The summed E-state index contributed by atoms with van der Waals surface area (Å²) >= 11 is 4.66. The van der Waals surface area contributed by atoms with Gasteiger partial charge in [-0.05, 0) is 0 Å². The van der Waals surface area contributed by atoms with Crippen LogP contribution < -0.4 is 0 Å². The van der Waals surface area contributed by atoms with Gasteiger partial charge in [0.25, 0.3) is 5.69 Å². The lowest BCUT2D eigenvalue weighted by molar-refractivity contribution is -0.385. The zero-order valence-electron chi connectivity index (χ0n) is 5.77. The summed E-state index contributed by atoms with van der Waals surface area (Å²) in [5.41, 5.74) is -0.0792. The highest BCUT2D eigenvalue weighted by Gasteiger charge is 2.06. The predicted octanol–water partition coefficient (Wildman–Crippen LogP) is 1.52. The standard InChI is InChI=1S/C6H3N3O2S/c7-3-4-1-5(9(10)11)2-6(12)8-4/h1-2H,(H,8,12). The van der Waals surface area contributed by atoms with Crippen molar-refractivity contribution in [3.8, 4) is 6.07 Å². The molecule has 12 heavy (non-hydrogen) atoms. The summed E-state index contributed by atoms with van der Waals surface area (Å²) < 4.78 is 0.181. The third-order valence-corrected chi connectivity index (χ3v) is 1.38. The Kier molecular flexibility index (Phi) is 2.16. The smallest absolute Gasteiger partial charge is 0.275 e. The first-order valence-electron chi connectivity index (χ1n) is 2.92. The second-order valence-corrected chi connectivity index (χ2v) is 2.43. The molecule has 6 heteroatoms. The van der Waals surface area contributed by atoms with E-state index in [9.17, 15) is 10.1 Å². The second kappa shape index (κ2) is 3.11. The molecule has 0 amide bonds. The van der Waals surface area contributed by atoms with Gasteiger partial charge in [-0.3, -0.25) is 10.1 Å². The average molecular weight is 181 g/mol. The molecule has 0 radical (unpaired) electrons. The molecule has 0 aliphatic heterocycles. The number of hydrogen-bond donors (Lipinski definition) is 1. The van der Waals surface area contributed by atoms with E-state index in [0.717, 1.165) is 6.07 Å². The number of aromatic amines is 1. The summed E-state index contributed by atoms with van der Waals surface area (Å²) in [4.78, 5) is 12.2. The molecule has 0 bridgehead atoms. The number of aromatic nitrogens is 1. The molecule has 0 unspecified atom stereocenters.